The molecular formula is C13H19BrFNO2. The summed E-state index contributed by atoms with van der Waals surface area (Å²) in [6, 6.07) is 4.19. The Morgan fingerprint density at radius 2 is 2.22 bits per heavy atom. The third kappa shape index (κ3) is 5.33. The van der Waals surface area contributed by atoms with Crippen LogP contribution in [-0.4, -0.2) is 30.4 Å². The first-order valence-corrected chi connectivity index (χ1v) is 6.75. The van der Waals surface area contributed by atoms with Gasteiger partial charge in [-0.15, -0.1) is 0 Å². The van der Waals surface area contributed by atoms with Crippen LogP contribution in [0, 0.1) is 5.82 Å². The van der Waals surface area contributed by atoms with Gasteiger partial charge in [-0.3, -0.25) is 0 Å². The van der Waals surface area contributed by atoms with Gasteiger partial charge in [0.15, 0.2) is 0 Å². The summed E-state index contributed by atoms with van der Waals surface area (Å²) in [5.41, 5.74) is -0.955. The van der Waals surface area contributed by atoms with Crippen molar-refractivity contribution in [2.45, 2.75) is 25.9 Å². The first-order valence-electron chi connectivity index (χ1n) is 5.95. The van der Waals surface area contributed by atoms with Crippen LogP contribution >= 0.6 is 15.9 Å². The van der Waals surface area contributed by atoms with Gasteiger partial charge in [0.25, 0.3) is 0 Å². The highest BCUT2D eigenvalue weighted by atomic mass is 79.9. The second-order valence-electron chi connectivity index (χ2n) is 4.54. The van der Waals surface area contributed by atoms with Gasteiger partial charge in [0.2, 0.25) is 0 Å². The van der Waals surface area contributed by atoms with Gasteiger partial charge >= 0.3 is 0 Å². The number of benzene rings is 1. The van der Waals surface area contributed by atoms with E-state index in [1.165, 1.54) is 18.2 Å². The predicted octanol–water partition coefficient (Wildman–Crippen LogP) is 2.72. The number of halogens is 2. The van der Waals surface area contributed by atoms with E-state index in [9.17, 15) is 9.50 Å². The molecule has 1 aromatic carbocycles. The molecule has 0 spiro atoms. The molecule has 0 radical (unpaired) electrons. The van der Waals surface area contributed by atoms with E-state index in [-0.39, 0.29) is 12.4 Å². The summed E-state index contributed by atoms with van der Waals surface area (Å²) in [5.74, 6) is 0.192. The Labute approximate surface area is 115 Å². The molecule has 18 heavy (non-hydrogen) atoms. The summed E-state index contributed by atoms with van der Waals surface area (Å²) in [6.45, 7) is 5.23. The largest absolute Gasteiger partial charge is 0.489 e. The monoisotopic (exact) mass is 319 g/mol. The summed E-state index contributed by atoms with van der Waals surface area (Å²) in [5, 5.41) is 13.2. The van der Waals surface area contributed by atoms with Crippen molar-refractivity contribution in [2.75, 3.05) is 19.7 Å². The highest BCUT2D eigenvalue weighted by Crippen LogP contribution is 2.26. The van der Waals surface area contributed by atoms with Crippen LogP contribution in [-0.2, 0) is 0 Å². The first kappa shape index (κ1) is 15.4. The molecule has 1 unspecified atom stereocenters. The Morgan fingerprint density at radius 1 is 1.50 bits per heavy atom. The van der Waals surface area contributed by atoms with Crippen LogP contribution in [0.4, 0.5) is 4.39 Å². The number of aliphatic hydroxyl groups is 1. The van der Waals surface area contributed by atoms with Crippen LogP contribution in [0.5, 0.6) is 5.75 Å². The Kier molecular flexibility index (Phi) is 6.05. The summed E-state index contributed by atoms with van der Waals surface area (Å²) >= 11 is 3.22. The van der Waals surface area contributed by atoms with Crippen LogP contribution in [0.1, 0.15) is 20.3 Å². The standard InChI is InChI=1S/C13H19BrFNO2/c1-3-6-16-8-13(2,17)9-18-12-5-4-10(15)7-11(12)14/h4-5,7,16-17H,3,6,8-9H2,1-2H3. The second-order valence-corrected chi connectivity index (χ2v) is 5.39. The maximum atomic E-state index is 12.9. The van der Waals surface area contributed by atoms with Crippen molar-refractivity contribution in [3.63, 3.8) is 0 Å². The molecular weight excluding hydrogens is 301 g/mol. The predicted molar refractivity (Wildman–Crippen MR) is 73.4 cm³/mol. The third-order valence-corrected chi connectivity index (χ3v) is 2.98. The molecule has 0 aliphatic rings. The summed E-state index contributed by atoms with van der Waals surface area (Å²) in [7, 11) is 0. The SMILES string of the molecule is CCCNCC(C)(O)COc1ccc(F)cc1Br. The lowest BCUT2D eigenvalue weighted by atomic mass is 10.1. The van der Waals surface area contributed by atoms with Gasteiger partial charge < -0.3 is 15.2 Å². The van der Waals surface area contributed by atoms with Crippen molar-refractivity contribution < 1.29 is 14.2 Å². The normalized spacial score (nSPS) is 14.3. The van der Waals surface area contributed by atoms with E-state index in [1.807, 2.05) is 0 Å². The minimum absolute atomic E-state index is 0.147. The first-order chi connectivity index (χ1) is 8.44. The molecule has 102 valence electrons. The zero-order chi connectivity index (χ0) is 13.6. The smallest absolute Gasteiger partial charge is 0.133 e. The van der Waals surface area contributed by atoms with E-state index in [2.05, 4.69) is 28.2 Å². The summed E-state index contributed by atoms with van der Waals surface area (Å²) in [4.78, 5) is 0. The molecule has 2 N–H and O–H groups in total. The van der Waals surface area contributed by atoms with E-state index in [1.54, 1.807) is 6.92 Å². The van der Waals surface area contributed by atoms with Crippen molar-refractivity contribution in [2.24, 2.45) is 0 Å². The van der Waals surface area contributed by atoms with E-state index in [0.29, 0.717) is 16.8 Å². The number of ether oxygens (including phenoxy) is 1. The van der Waals surface area contributed by atoms with Crippen molar-refractivity contribution in [1.29, 1.82) is 0 Å². The number of hydrogen-bond donors (Lipinski definition) is 2. The molecule has 0 amide bonds. The van der Waals surface area contributed by atoms with Crippen molar-refractivity contribution >= 4 is 15.9 Å². The zero-order valence-corrected chi connectivity index (χ0v) is 12.3. The van der Waals surface area contributed by atoms with Crippen molar-refractivity contribution in [3.05, 3.63) is 28.5 Å². The highest BCUT2D eigenvalue weighted by molar-refractivity contribution is 9.10. The molecule has 1 aromatic rings. The van der Waals surface area contributed by atoms with Gasteiger partial charge in [-0.2, -0.15) is 0 Å². The van der Waals surface area contributed by atoms with Crippen LogP contribution in [0.15, 0.2) is 22.7 Å². The van der Waals surface area contributed by atoms with Crippen molar-refractivity contribution in [1.82, 2.24) is 5.32 Å². The minimum Gasteiger partial charge on any atom is -0.489 e. The summed E-state index contributed by atoms with van der Waals surface area (Å²) < 4.78 is 18.9. The molecule has 1 atom stereocenters. The third-order valence-electron chi connectivity index (χ3n) is 2.37. The molecule has 0 aliphatic carbocycles. The Balaban J connectivity index is 2.48. The van der Waals surface area contributed by atoms with E-state index < -0.39 is 5.60 Å². The van der Waals surface area contributed by atoms with Gasteiger partial charge in [-0.05, 0) is 54.0 Å². The molecule has 0 bridgehead atoms. The molecule has 5 heteroatoms. The van der Waals surface area contributed by atoms with Crippen LogP contribution < -0.4 is 10.1 Å². The molecule has 0 aromatic heterocycles. The van der Waals surface area contributed by atoms with Gasteiger partial charge in [0, 0.05) is 6.54 Å². The highest BCUT2D eigenvalue weighted by Gasteiger charge is 2.21. The van der Waals surface area contributed by atoms with Gasteiger partial charge in [0.05, 0.1) is 4.47 Å². The van der Waals surface area contributed by atoms with Gasteiger partial charge in [-0.25, -0.2) is 4.39 Å². The van der Waals surface area contributed by atoms with Gasteiger partial charge in [0.1, 0.15) is 23.8 Å². The fourth-order valence-corrected chi connectivity index (χ4v) is 1.88. The topological polar surface area (TPSA) is 41.5 Å². The maximum Gasteiger partial charge on any atom is 0.133 e. The fourth-order valence-electron chi connectivity index (χ4n) is 1.41. The average molecular weight is 320 g/mol. The second kappa shape index (κ2) is 7.07. The molecule has 0 aliphatic heterocycles. The molecule has 0 saturated carbocycles. The average Bonchev–Trinajstić information content (AvgIpc) is 2.28. The lowest BCUT2D eigenvalue weighted by Gasteiger charge is -2.24. The minimum atomic E-state index is -0.955. The molecule has 1 rings (SSSR count). The van der Waals surface area contributed by atoms with Crippen LogP contribution in [0.2, 0.25) is 0 Å². The number of nitrogens with one attached hydrogen (secondary N) is 1. The number of rotatable bonds is 7. The van der Waals surface area contributed by atoms with Crippen LogP contribution in [0.25, 0.3) is 0 Å². The van der Waals surface area contributed by atoms with E-state index >= 15 is 0 Å². The Bertz CT molecular complexity index is 385. The van der Waals surface area contributed by atoms with Gasteiger partial charge in [-0.1, -0.05) is 6.92 Å². The van der Waals surface area contributed by atoms with E-state index in [0.717, 1.165) is 13.0 Å². The van der Waals surface area contributed by atoms with Crippen molar-refractivity contribution in [3.8, 4) is 5.75 Å². The number of hydrogen-bond acceptors (Lipinski definition) is 3. The molecule has 0 saturated heterocycles. The zero-order valence-electron chi connectivity index (χ0n) is 10.7. The molecule has 0 fully saturated rings. The Morgan fingerprint density at radius 3 is 2.83 bits per heavy atom. The Hall–Kier alpha value is -0.650. The molecule has 0 heterocycles. The lowest BCUT2D eigenvalue weighted by Crippen LogP contribution is -2.43. The van der Waals surface area contributed by atoms with Crippen LogP contribution in [0.3, 0.4) is 0 Å². The summed E-state index contributed by atoms with van der Waals surface area (Å²) in [6.07, 6.45) is 1.01. The fraction of sp³-hybridized carbons (Fsp3) is 0.538. The molecule has 3 nitrogen and oxygen atoms in total. The lowest BCUT2D eigenvalue weighted by molar-refractivity contribution is 0.0122. The maximum absolute atomic E-state index is 12.9. The quantitative estimate of drug-likeness (QED) is 0.759. The van der Waals surface area contributed by atoms with E-state index in [4.69, 9.17) is 4.74 Å².